The van der Waals surface area contributed by atoms with Gasteiger partial charge in [0.25, 0.3) is 0 Å². The van der Waals surface area contributed by atoms with Crippen LogP contribution in [0.5, 0.6) is 5.88 Å². The summed E-state index contributed by atoms with van der Waals surface area (Å²) >= 11 is 3.34. The monoisotopic (exact) mass is 331 g/mol. The second-order valence-corrected chi connectivity index (χ2v) is 7.66. The fourth-order valence-corrected chi connectivity index (χ4v) is 3.77. The van der Waals surface area contributed by atoms with Crippen LogP contribution in [-0.4, -0.2) is 20.6 Å². The van der Waals surface area contributed by atoms with Gasteiger partial charge in [-0.3, -0.25) is 0 Å². The van der Waals surface area contributed by atoms with Crippen molar-refractivity contribution in [3.63, 3.8) is 0 Å². The molecule has 0 saturated heterocycles. The van der Waals surface area contributed by atoms with Gasteiger partial charge in [-0.25, -0.2) is 15.0 Å². The van der Waals surface area contributed by atoms with Gasteiger partial charge in [-0.2, -0.15) is 0 Å². The number of aromatic nitrogens is 3. The summed E-state index contributed by atoms with van der Waals surface area (Å²) in [4.78, 5) is 13.2. The van der Waals surface area contributed by atoms with E-state index in [-0.39, 0.29) is 5.60 Å². The largest absolute Gasteiger partial charge is 0.472 e. The second-order valence-electron chi connectivity index (χ2n) is 5.78. The van der Waals surface area contributed by atoms with Gasteiger partial charge in [0.05, 0.1) is 15.9 Å². The Balaban J connectivity index is 1.74. The maximum absolute atomic E-state index is 5.81. The average Bonchev–Trinajstić information content (AvgIpc) is 2.92. The highest BCUT2D eigenvalue weighted by Crippen LogP contribution is 2.30. The molecule has 0 aromatic carbocycles. The zero-order valence-corrected chi connectivity index (χ0v) is 14.4. The van der Waals surface area contributed by atoms with Gasteiger partial charge in [-0.15, -0.1) is 11.3 Å². The van der Waals surface area contributed by atoms with Crippen LogP contribution in [0, 0.1) is 0 Å². The summed E-state index contributed by atoms with van der Waals surface area (Å²) < 4.78 is 6.94. The first-order valence-electron chi connectivity index (χ1n) is 6.97. The van der Waals surface area contributed by atoms with E-state index in [1.165, 1.54) is 0 Å². The zero-order chi connectivity index (χ0) is 15.6. The lowest BCUT2D eigenvalue weighted by atomic mass is 10.2. The van der Waals surface area contributed by atoms with Crippen molar-refractivity contribution in [2.45, 2.75) is 37.2 Å². The topological polar surface area (TPSA) is 47.9 Å². The Morgan fingerprint density at radius 3 is 2.86 bits per heavy atom. The van der Waals surface area contributed by atoms with Crippen molar-refractivity contribution in [3.8, 4) is 5.88 Å². The summed E-state index contributed by atoms with van der Waals surface area (Å²) in [7, 11) is 0. The number of thioether (sulfide) groups is 1. The van der Waals surface area contributed by atoms with Gasteiger partial charge < -0.3 is 4.74 Å². The molecule has 0 fully saturated rings. The molecule has 0 N–H and O–H groups in total. The van der Waals surface area contributed by atoms with Crippen LogP contribution >= 0.6 is 23.1 Å². The maximum Gasteiger partial charge on any atom is 0.213 e. The first-order valence-corrected chi connectivity index (χ1v) is 8.84. The Morgan fingerprint density at radius 2 is 2.05 bits per heavy atom. The summed E-state index contributed by atoms with van der Waals surface area (Å²) in [5.41, 5.74) is 1.74. The molecule has 0 atom stereocenters. The fourth-order valence-electron chi connectivity index (χ4n) is 1.92. The van der Waals surface area contributed by atoms with Crippen LogP contribution in [0.2, 0.25) is 0 Å². The Bertz CT molecular complexity index is 780. The minimum Gasteiger partial charge on any atom is -0.472 e. The summed E-state index contributed by atoms with van der Waals surface area (Å²) in [6, 6.07) is 7.89. The van der Waals surface area contributed by atoms with E-state index in [1.54, 1.807) is 29.4 Å². The normalized spacial score (nSPS) is 11.8. The van der Waals surface area contributed by atoms with Gasteiger partial charge in [-0.05, 0) is 38.3 Å². The summed E-state index contributed by atoms with van der Waals surface area (Å²) in [5.74, 6) is 1.42. The number of hydrogen-bond acceptors (Lipinski definition) is 6. The van der Waals surface area contributed by atoms with E-state index in [2.05, 4.69) is 15.0 Å². The Kier molecular flexibility index (Phi) is 4.31. The van der Waals surface area contributed by atoms with Crippen molar-refractivity contribution in [1.29, 1.82) is 0 Å². The van der Waals surface area contributed by atoms with Crippen LogP contribution in [-0.2, 0) is 5.75 Å². The Labute approximate surface area is 138 Å². The fraction of sp³-hybridized carbons (Fsp3) is 0.312. The minimum atomic E-state index is -0.242. The van der Waals surface area contributed by atoms with E-state index in [0.29, 0.717) is 5.88 Å². The van der Waals surface area contributed by atoms with Crippen molar-refractivity contribution in [2.75, 3.05) is 0 Å². The van der Waals surface area contributed by atoms with E-state index in [9.17, 15) is 0 Å². The molecule has 0 bridgehead atoms. The third kappa shape index (κ3) is 3.75. The minimum absolute atomic E-state index is 0.242. The molecule has 0 aliphatic heterocycles. The molecule has 3 heterocycles. The highest BCUT2D eigenvalue weighted by Gasteiger charge is 2.13. The lowest BCUT2D eigenvalue weighted by molar-refractivity contribution is 0.124. The van der Waals surface area contributed by atoms with E-state index >= 15 is 0 Å². The molecule has 3 rings (SSSR count). The molecule has 4 nitrogen and oxygen atoms in total. The van der Waals surface area contributed by atoms with Crippen LogP contribution in [0.25, 0.3) is 10.2 Å². The quantitative estimate of drug-likeness (QED) is 0.518. The first-order chi connectivity index (χ1) is 10.5. The van der Waals surface area contributed by atoms with Gasteiger partial charge in [0, 0.05) is 11.8 Å². The van der Waals surface area contributed by atoms with Crippen molar-refractivity contribution in [3.05, 3.63) is 41.7 Å². The van der Waals surface area contributed by atoms with Crippen LogP contribution < -0.4 is 4.74 Å². The molecule has 0 amide bonds. The van der Waals surface area contributed by atoms with Crippen LogP contribution in [0.15, 0.2) is 41.0 Å². The zero-order valence-electron chi connectivity index (χ0n) is 12.7. The number of rotatable bonds is 4. The van der Waals surface area contributed by atoms with Crippen LogP contribution in [0.1, 0.15) is 26.5 Å². The number of fused-ring (bicyclic) bond motifs is 1. The standard InChI is InChI=1S/C16H17N3OS2/c1-16(2,3)20-13-6-4-5-11(19-13)9-22-15-14-12(7-8-21-14)17-10-18-15/h4-8,10H,9H2,1-3H3. The van der Waals surface area contributed by atoms with E-state index < -0.39 is 0 Å². The Hall–Kier alpha value is -1.66. The number of thiophene rings is 1. The summed E-state index contributed by atoms with van der Waals surface area (Å²) in [5, 5.41) is 3.04. The predicted octanol–water partition coefficient (Wildman–Crippen LogP) is 4.56. The highest BCUT2D eigenvalue weighted by molar-refractivity contribution is 7.98. The molecule has 0 saturated carbocycles. The number of hydrogen-bond donors (Lipinski definition) is 0. The molecule has 6 heteroatoms. The lowest BCUT2D eigenvalue weighted by Gasteiger charge is -2.20. The molecule has 0 radical (unpaired) electrons. The molecule has 0 unspecified atom stereocenters. The third-order valence-corrected chi connectivity index (χ3v) is 4.82. The van der Waals surface area contributed by atoms with Gasteiger partial charge in [0.1, 0.15) is 17.0 Å². The van der Waals surface area contributed by atoms with Crippen LogP contribution in [0.3, 0.4) is 0 Å². The van der Waals surface area contributed by atoms with E-state index in [4.69, 9.17) is 4.74 Å². The Morgan fingerprint density at radius 1 is 1.18 bits per heavy atom. The highest BCUT2D eigenvalue weighted by atomic mass is 32.2. The van der Waals surface area contributed by atoms with Gasteiger partial charge in [-0.1, -0.05) is 17.8 Å². The molecule has 114 valence electrons. The van der Waals surface area contributed by atoms with Crippen molar-refractivity contribution in [1.82, 2.24) is 15.0 Å². The molecular weight excluding hydrogens is 314 g/mol. The van der Waals surface area contributed by atoms with Crippen LogP contribution in [0.4, 0.5) is 0 Å². The third-order valence-electron chi connectivity index (χ3n) is 2.76. The van der Waals surface area contributed by atoms with Gasteiger partial charge in [0.2, 0.25) is 5.88 Å². The van der Waals surface area contributed by atoms with E-state index in [1.807, 2.05) is 50.4 Å². The molecule has 3 aromatic rings. The number of nitrogens with zero attached hydrogens (tertiary/aromatic N) is 3. The summed E-state index contributed by atoms with van der Waals surface area (Å²) in [6.45, 7) is 6.06. The molecular formula is C16H17N3OS2. The number of pyridine rings is 1. The van der Waals surface area contributed by atoms with Crippen molar-refractivity contribution < 1.29 is 4.74 Å². The second kappa shape index (κ2) is 6.22. The van der Waals surface area contributed by atoms with Crippen molar-refractivity contribution in [2.24, 2.45) is 0 Å². The average molecular weight is 331 g/mol. The van der Waals surface area contributed by atoms with E-state index in [0.717, 1.165) is 26.7 Å². The number of ether oxygens (including phenoxy) is 1. The molecule has 0 aliphatic carbocycles. The first kappa shape index (κ1) is 15.2. The van der Waals surface area contributed by atoms with Crippen molar-refractivity contribution >= 4 is 33.3 Å². The molecule has 3 aromatic heterocycles. The predicted molar refractivity (Wildman–Crippen MR) is 91.6 cm³/mol. The molecule has 0 aliphatic rings. The maximum atomic E-state index is 5.81. The van der Waals surface area contributed by atoms with Gasteiger partial charge in [0.15, 0.2) is 0 Å². The smallest absolute Gasteiger partial charge is 0.213 e. The summed E-state index contributed by atoms with van der Waals surface area (Å²) in [6.07, 6.45) is 1.62. The molecule has 22 heavy (non-hydrogen) atoms. The lowest BCUT2D eigenvalue weighted by Crippen LogP contribution is -2.23. The molecule has 0 spiro atoms. The SMILES string of the molecule is CC(C)(C)Oc1cccc(CSc2ncnc3ccsc23)n1. The van der Waals surface area contributed by atoms with Gasteiger partial charge >= 0.3 is 0 Å².